The number of Topliss-reactive ketones (excluding diaryl/α,β-unsaturated/α-hetero) is 1. The van der Waals surface area contributed by atoms with Gasteiger partial charge < -0.3 is 14.7 Å². The van der Waals surface area contributed by atoms with Crippen molar-refractivity contribution < 1.29 is 19.4 Å². The van der Waals surface area contributed by atoms with Crippen LogP contribution in [0.15, 0.2) is 59.9 Å². The summed E-state index contributed by atoms with van der Waals surface area (Å²) < 4.78 is 5.73. The van der Waals surface area contributed by atoms with E-state index in [9.17, 15) is 14.7 Å². The number of anilines is 2. The highest BCUT2D eigenvalue weighted by Crippen LogP contribution is 2.42. The molecular formula is C25H30N2O4. The molecule has 0 aliphatic carbocycles. The summed E-state index contributed by atoms with van der Waals surface area (Å²) in [4.78, 5) is 29.6. The van der Waals surface area contributed by atoms with E-state index in [1.165, 1.54) is 4.90 Å². The summed E-state index contributed by atoms with van der Waals surface area (Å²) in [7, 11) is 3.89. The Morgan fingerprint density at radius 1 is 1.16 bits per heavy atom. The molecule has 6 heteroatoms. The van der Waals surface area contributed by atoms with Gasteiger partial charge in [0.15, 0.2) is 11.5 Å². The largest absolute Gasteiger partial charge is 0.503 e. The Bertz CT molecular complexity index is 993. The third-order valence-corrected chi connectivity index (χ3v) is 5.29. The summed E-state index contributed by atoms with van der Waals surface area (Å²) in [6.45, 7) is 6.11. The Morgan fingerprint density at radius 3 is 2.42 bits per heavy atom. The SMILES string of the molecule is CCCOc1cccc(N2C(=O)C(O)=C(C(=O)C(C)C)C2c2ccc(N(C)C)cc2)c1. The summed E-state index contributed by atoms with van der Waals surface area (Å²) >= 11 is 0. The summed E-state index contributed by atoms with van der Waals surface area (Å²) in [6, 6.07) is 14.1. The van der Waals surface area contributed by atoms with Gasteiger partial charge in [-0.05, 0) is 36.2 Å². The Labute approximate surface area is 183 Å². The minimum atomic E-state index is -0.708. The van der Waals surface area contributed by atoms with Crippen LogP contribution in [-0.4, -0.2) is 37.5 Å². The molecule has 0 bridgehead atoms. The standard InChI is InChI=1S/C25H30N2O4/c1-6-14-31-20-9-7-8-19(15-20)27-22(17-10-12-18(13-11-17)26(4)5)21(23(28)16(2)3)24(29)25(27)30/h7-13,15-16,22,29H,6,14H2,1-5H3. The molecule has 0 saturated carbocycles. The molecule has 1 aliphatic rings. The first kappa shape index (κ1) is 22.4. The summed E-state index contributed by atoms with van der Waals surface area (Å²) in [5.74, 6) is -1.03. The number of ether oxygens (including phenoxy) is 1. The quantitative estimate of drug-likeness (QED) is 0.670. The Morgan fingerprint density at radius 2 is 1.84 bits per heavy atom. The maximum absolute atomic E-state index is 13.1. The highest BCUT2D eigenvalue weighted by molar-refractivity contribution is 6.16. The lowest BCUT2D eigenvalue weighted by atomic mass is 9.91. The lowest BCUT2D eigenvalue weighted by molar-refractivity contribution is -0.119. The van der Waals surface area contributed by atoms with Crippen molar-refractivity contribution >= 4 is 23.1 Å². The zero-order valence-electron chi connectivity index (χ0n) is 18.8. The molecule has 0 aromatic heterocycles. The van der Waals surface area contributed by atoms with Crippen molar-refractivity contribution in [2.24, 2.45) is 5.92 Å². The fraction of sp³-hybridized carbons (Fsp3) is 0.360. The van der Waals surface area contributed by atoms with Crippen LogP contribution in [0.25, 0.3) is 0 Å². The van der Waals surface area contributed by atoms with Crippen LogP contribution in [0.5, 0.6) is 5.75 Å². The molecule has 0 radical (unpaired) electrons. The second-order valence-corrected chi connectivity index (χ2v) is 8.19. The van der Waals surface area contributed by atoms with Crippen LogP contribution in [0.3, 0.4) is 0 Å². The Kier molecular flexibility index (Phi) is 6.68. The monoisotopic (exact) mass is 422 g/mol. The highest BCUT2D eigenvalue weighted by atomic mass is 16.5. The number of benzene rings is 2. The van der Waals surface area contributed by atoms with E-state index in [4.69, 9.17) is 4.74 Å². The number of aliphatic hydroxyl groups is 1. The first-order chi connectivity index (χ1) is 14.8. The van der Waals surface area contributed by atoms with Gasteiger partial charge in [-0.1, -0.05) is 39.0 Å². The molecule has 1 heterocycles. The number of ketones is 1. The van der Waals surface area contributed by atoms with E-state index in [1.54, 1.807) is 32.0 Å². The predicted octanol–water partition coefficient (Wildman–Crippen LogP) is 4.67. The molecule has 164 valence electrons. The minimum absolute atomic E-state index is 0.137. The molecule has 6 nitrogen and oxygen atoms in total. The van der Waals surface area contributed by atoms with E-state index in [0.717, 1.165) is 17.7 Å². The molecular weight excluding hydrogens is 392 g/mol. The van der Waals surface area contributed by atoms with Gasteiger partial charge in [-0.15, -0.1) is 0 Å². The molecule has 0 spiro atoms. The van der Waals surface area contributed by atoms with E-state index in [2.05, 4.69) is 0 Å². The Balaban J connectivity index is 2.11. The zero-order valence-corrected chi connectivity index (χ0v) is 18.8. The van der Waals surface area contributed by atoms with E-state index < -0.39 is 17.7 Å². The number of hydrogen-bond acceptors (Lipinski definition) is 5. The van der Waals surface area contributed by atoms with Gasteiger partial charge in [-0.25, -0.2) is 0 Å². The maximum Gasteiger partial charge on any atom is 0.294 e. The number of carbonyl (C=O) groups is 2. The minimum Gasteiger partial charge on any atom is -0.503 e. The molecule has 3 rings (SSSR count). The molecule has 2 aromatic carbocycles. The first-order valence-corrected chi connectivity index (χ1v) is 10.6. The third kappa shape index (κ3) is 4.43. The lowest BCUT2D eigenvalue weighted by Gasteiger charge is -2.28. The van der Waals surface area contributed by atoms with E-state index in [1.807, 2.05) is 56.3 Å². The van der Waals surface area contributed by atoms with Gasteiger partial charge >= 0.3 is 0 Å². The fourth-order valence-electron chi connectivity index (χ4n) is 3.65. The second kappa shape index (κ2) is 9.25. The van der Waals surface area contributed by atoms with E-state index in [0.29, 0.717) is 18.0 Å². The van der Waals surface area contributed by atoms with Crippen LogP contribution >= 0.6 is 0 Å². The molecule has 0 saturated heterocycles. The van der Waals surface area contributed by atoms with Crippen molar-refractivity contribution in [3.8, 4) is 5.75 Å². The second-order valence-electron chi connectivity index (χ2n) is 8.19. The molecule has 1 unspecified atom stereocenters. The smallest absolute Gasteiger partial charge is 0.294 e. The van der Waals surface area contributed by atoms with Gasteiger partial charge in [0.25, 0.3) is 5.91 Å². The molecule has 0 fully saturated rings. The van der Waals surface area contributed by atoms with E-state index in [-0.39, 0.29) is 17.3 Å². The van der Waals surface area contributed by atoms with Crippen molar-refractivity contribution in [1.29, 1.82) is 0 Å². The molecule has 1 amide bonds. The fourth-order valence-corrected chi connectivity index (χ4v) is 3.65. The summed E-state index contributed by atoms with van der Waals surface area (Å²) in [5, 5.41) is 10.7. The van der Waals surface area contributed by atoms with Crippen LogP contribution in [0.2, 0.25) is 0 Å². The Hall–Kier alpha value is -3.28. The normalized spacial score (nSPS) is 16.3. The predicted molar refractivity (Wildman–Crippen MR) is 123 cm³/mol. The van der Waals surface area contributed by atoms with Gasteiger partial charge in [0.05, 0.1) is 18.2 Å². The van der Waals surface area contributed by atoms with Crippen molar-refractivity contribution in [2.45, 2.75) is 33.2 Å². The van der Waals surface area contributed by atoms with Crippen LogP contribution in [0, 0.1) is 5.92 Å². The summed E-state index contributed by atoms with van der Waals surface area (Å²) in [5.41, 5.74) is 2.46. The average Bonchev–Trinajstić information content (AvgIpc) is 3.02. The van der Waals surface area contributed by atoms with Crippen LogP contribution in [0.1, 0.15) is 38.8 Å². The third-order valence-electron chi connectivity index (χ3n) is 5.29. The number of nitrogens with zero attached hydrogens (tertiary/aromatic N) is 2. The zero-order chi connectivity index (χ0) is 22.7. The van der Waals surface area contributed by atoms with Gasteiger partial charge in [-0.3, -0.25) is 14.5 Å². The van der Waals surface area contributed by atoms with Gasteiger partial charge in [0, 0.05) is 37.5 Å². The lowest BCUT2D eigenvalue weighted by Crippen LogP contribution is -2.31. The number of hydrogen-bond donors (Lipinski definition) is 1. The van der Waals surface area contributed by atoms with Crippen molar-refractivity contribution in [3.63, 3.8) is 0 Å². The molecule has 1 atom stereocenters. The molecule has 1 aliphatic heterocycles. The van der Waals surface area contributed by atoms with Crippen molar-refractivity contribution in [2.75, 3.05) is 30.5 Å². The van der Waals surface area contributed by atoms with Gasteiger partial charge in [0.1, 0.15) is 5.75 Å². The van der Waals surface area contributed by atoms with Crippen LogP contribution < -0.4 is 14.5 Å². The van der Waals surface area contributed by atoms with Crippen molar-refractivity contribution in [3.05, 3.63) is 65.4 Å². The summed E-state index contributed by atoms with van der Waals surface area (Å²) in [6.07, 6.45) is 0.864. The molecule has 2 aromatic rings. The molecule has 31 heavy (non-hydrogen) atoms. The first-order valence-electron chi connectivity index (χ1n) is 10.6. The number of aliphatic hydroxyl groups excluding tert-OH is 1. The average molecular weight is 423 g/mol. The van der Waals surface area contributed by atoms with E-state index >= 15 is 0 Å². The maximum atomic E-state index is 13.1. The molecule has 1 N–H and O–H groups in total. The number of amides is 1. The topological polar surface area (TPSA) is 70.1 Å². The number of rotatable bonds is 8. The van der Waals surface area contributed by atoms with Crippen LogP contribution in [0.4, 0.5) is 11.4 Å². The van der Waals surface area contributed by atoms with Gasteiger partial charge in [-0.2, -0.15) is 0 Å². The van der Waals surface area contributed by atoms with Gasteiger partial charge in [0.2, 0.25) is 0 Å². The number of carbonyl (C=O) groups excluding carboxylic acids is 2. The highest BCUT2D eigenvalue weighted by Gasteiger charge is 2.44. The van der Waals surface area contributed by atoms with Crippen molar-refractivity contribution in [1.82, 2.24) is 0 Å². The van der Waals surface area contributed by atoms with Crippen LogP contribution in [-0.2, 0) is 9.59 Å².